The third kappa shape index (κ3) is 7.98. The van der Waals surface area contributed by atoms with Gasteiger partial charge in [0.2, 0.25) is 5.91 Å². The highest BCUT2D eigenvalue weighted by Gasteiger charge is 2.13. The lowest BCUT2D eigenvalue weighted by Crippen LogP contribution is -2.28. The summed E-state index contributed by atoms with van der Waals surface area (Å²) in [5, 5.41) is 5.38. The predicted molar refractivity (Wildman–Crippen MR) is 126 cm³/mol. The van der Waals surface area contributed by atoms with Crippen molar-refractivity contribution < 1.29 is 23.8 Å². The van der Waals surface area contributed by atoms with Crippen molar-refractivity contribution in [1.82, 2.24) is 5.32 Å². The average Bonchev–Trinajstić information content (AvgIpc) is 2.79. The summed E-state index contributed by atoms with van der Waals surface area (Å²) >= 11 is 0. The Hall–Kier alpha value is -3.48. The van der Waals surface area contributed by atoms with Crippen molar-refractivity contribution in [1.29, 1.82) is 0 Å². The van der Waals surface area contributed by atoms with Crippen molar-refractivity contribution in [2.75, 3.05) is 26.1 Å². The minimum absolute atomic E-state index is 0.112. The van der Waals surface area contributed by atoms with Crippen molar-refractivity contribution >= 4 is 23.6 Å². The molecule has 0 spiro atoms. The summed E-state index contributed by atoms with van der Waals surface area (Å²) in [5.74, 6) is 1.06. The summed E-state index contributed by atoms with van der Waals surface area (Å²) in [6, 6.07) is 12.4. The Bertz CT molecular complexity index is 922. The molecule has 7 nitrogen and oxygen atoms in total. The molecule has 2 amide bonds. The van der Waals surface area contributed by atoms with E-state index in [1.165, 1.54) is 26.9 Å². The molecule has 0 aromatic heterocycles. The van der Waals surface area contributed by atoms with Crippen LogP contribution in [0.3, 0.4) is 0 Å². The van der Waals surface area contributed by atoms with Gasteiger partial charge >= 0.3 is 0 Å². The van der Waals surface area contributed by atoms with Crippen LogP contribution in [-0.4, -0.2) is 32.6 Å². The van der Waals surface area contributed by atoms with E-state index in [1.54, 1.807) is 43.5 Å². The molecule has 0 aliphatic heterocycles. The molecule has 0 bridgehead atoms. The first kappa shape index (κ1) is 24.8. The van der Waals surface area contributed by atoms with E-state index in [9.17, 15) is 9.59 Å². The Labute approximate surface area is 189 Å². The summed E-state index contributed by atoms with van der Waals surface area (Å²) in [7, 11) is 3.08. The molecule has 0 heterocycles. The second-order valence-corrected chi connectivity index (χ2v) is 7.24. The van der Waals surface area contributed by atoms with Crippen molar-refractivity contribution in [2.24, 2.45) is 0 Å². The zero-order valence-electron chi connectivity index (χ0n) is 19.2. The maximum absolute atomic E-state index is 12.8. The summed E-state index contributed by atoms with van der Waals surface area (Å²) in [6.07, 6.45) is 6.15. The number of carbonyl (C=O) groups is 2. The van der Waals surface area contributed by atoms with Crippen LogP contribution in [0.4, 0.5) is 5.69 Å². The number of hydrogen-bond acceptors (Lipinski definition) is 5. The summed E-state index contributed by atoms with van der Waals surface area (Å²) in [4.78, 5) is 24.4. The molecule has 7 heteroatoms. The number of ether oxygens (including phenoxy) is 3. The van der Waals surface area contributed by atoms with E-state index in [2.05, 4.69) is 17.6 Å². The fourth-order valence-corrected chi connectivity index (χ4v) is 3.01. The Kier molecular flexibility index (Phi) is 10.1. The first-order valence-corrected chi connectivity index (χ1v) is 10.7. The normalized spacial score (nSPS) is 10.9. The minimum Gasteiger partial charge on any atom is -0.494 e. The van der Waals surface area contributed by atoms with E-state index in [4.69, 9.17) is 14.2 Å². The monoisotopic (exact) mass is 440 g/mol. The molecule has 0 atom stereocenters. The standard InChI is InChI=1S/C25H32N2O5/c1-5-6-7-8-15-32-21-12-10-20(11-13-21)27-25(29)22(26-18(2)28)16-19-9-14-23(30-3)24(17-19)31-4/h9-14,16-17H,5-8,15H2,1-4H3,(H,26,28)(H,27,29)/b22-16-. The van der Waals surface area contributed by atoms with Crippen LogP contribution in [0, 0.1) is 0 Å². The van der Waals surface area contributed by atoms with Gasteiger partial charge in [0, 0.05) is 12.6 Å². The molecule has 172 valence electrons. The zero-order chi connectivity index (χ0) is 23.3. The number of benzene rings is 2. The van der Waals surface area contributed by atoms with Gasteiger partial charge in [0.05, 0.1) is 20.8 Å². The molecule has 0 saturated carbocycles. The van der Waals surface area contributed by atoms with E-state index in [0.717, 1.165) is 18.6 Å². The molecule has 2 aromatic carbocycles. The van der Waals surface area contributed by atoms with Crippen LogP contribution < -0.4 is 24.8 Å². The molecular weight excluding hydrogens is 408 g/mol. The van der Waals surface area contributed by atoms with Gasteiger partial charge in [-0.25, -0.2) is 0 Å². The fourth-order valence-electron chi connectivity index (χ4n) is 3.01. The Morgan fingerprint density at radius 3 is 2.28 bits per heavy atom. The van der Waals surface area contributed by atoms with Crippen molar-refractivity contribution in [3.63, 3.8) is 0 Å². The van der Waals surface area contributed by atoms with E-state index in [0.29, 0.717) is 29.4 Å². The van der Waals surface area contributed by atoms with Crippen LogP contribution in [0.15, 0.2) is 48.2 Å². The predicted octanol–water partition coefficient (Wildman–Crippen LogP) is 4.78. The summed E-state index contributed by atoms with van der Waals surface area (Å²) in [5.41, 5.74) is 1.38. The van der Waals surface area contributed by atoms with Crippen molar-refractivity contribution in [3.05, 3.63) is 53.7 Å². The number of unbranched alkanes of at least 4 members (excludes halogenated alkanes) is 3. The highest BCUT2D eigenvalue weighted by atomic mass is 16.5. The molecule has 0 aliphatic carbocycles. The second kappa shape index (κ2) is 13.0. The highest BCUT2D eigenvalue weighted by Crippen LogP contribution is 2.28. The second-order valence-electron chi connectivity index (χ2n) is 7.24. The van der Waals surface area contributed by atoms with Gasteiger partial charge in [0.1, 0.15) is 11.4 Å². The van der Waals surface area contributed by atoms with Gasteiger partial charge in [-0.3, -0.25) is 9.59 Å². The number of carbonyl (C=O) groups excluding carboxylic acids is 2. The first-order chi connectivity index (χ1) is 15.5. The van der Waals surface area contributed by atoms with Crippen LogP contribution in [-0.2, 0) is 9.59 Å². The first-order valence-electron chi connectivity index (χ1n) is 10.7. The molecule has 2 N–H and O–H groups in total. The van der Waals surface area contributed by atoms with E-state index in [-0.39, 0.29) is 11.6 Å². The van der Waals surface area contributed by atoms with Gasteiger partial charge < -0.3 is 24.8 Å². The number of rotatable bonds is 12. The number of hydrogen-bond donors (Lipinski definition) is 2. The zero-order valence-corrected chi connectivity index (χ0v) is 19.2. The number of amides is 2. The van der Waals surface area contributed by atoms with Crippen molar-refractivity contribution in [2.45, 2.75) is 39.5 Å². The lowest BCUT2D eigenvalue weighted by atomic mass is 10.1. The third-order valence-corrected chi connectivity index (χ3v) is 4.65. The van der Waals surface area contributed by atoms with Crippen molar-refractivity contribution in [3.8, 4) is 17.2 Å². The number of nitrogens with one attached hydrogen (secondary N) is 2. The van der Waals surface area contributed by atoms with Crippen LogP contribution in [0.5, 0.6) is 17.2 Å². The minimum atomic E-state index is -0.441. The Morgan fingerprint density at radius 1 is 0.938 bits per heavy atom. The quantitative estimate of drug-likeness (QED) is 0.366. The molecular formula is C25H32N2O5. The van der Waals surface area contributed by atoms with Gasteiger partial charge in [-0.15, -0.1) is 0 Å². The van der Waals surface area contributed by atoms with E-state index in [1.807, 2.05) is 12.1 Å². The summed E-state index contributed by atoms with van der Waals surface area (Å²) < 4.78 is 16.3. The fraction of sp³-hybridized carbons (Fsp3) is 0.360. The molecule has 2 rings (SSSR count). The van der Waals surface area contributed by atoms with Gasteiger partial charge in [0.15, 0.2) is 11.5 Å². The lowest BCUT2D eigenvalue weighted by Gasteiger charge is -2.12. The maximum Gasteiger partial charge on any atom is 0.272 e. The molecule has 2 aromatic rings. The van der Waals surface area contributed by atoms with E-state index >= 15 is 0 Å². The van der Waals surface area contributed by atoms with Gasteiger partial charge in [-0.1, -0.05) is 32.3 Å². The Balaban J connectivity index is 2.08. The molecule has 0 aliphatic rings. The molecule has 0 unspecified atom stereocenters. The van der Waals surface area contributed by atoms with Crippen LogP contribution in [0.1, 0.15) is 45.1 Å². The molecule has 0 saturated heterocycles. The van der Waals surface area contributed by atoms with Gasteiger partial charge in [0.25, 0.3) is 5.91 Å². The SMILES string of the molecule is CCCCCCOc1ccc(NC(=O)/C(=C/c2ccc(OC)c(OC)c2)NC(C)=O)cc1. The number of methoxy groups -OCH3 is 2. The Morgan fingerprint density at radius 2 is 1.66 bits per heavy atom. The maximum atomic E-state index is 12.8. The molecule has 0 radical (unpaired) electrons. The van der Waals surface area contributed by atoms with E-state index < -0.39 is 5.91 Å². The van der Waals surface area contributed by atoms with Crippen LogP contribution in [0.25, 0.3) is 6.08 Å². The average molecular weight is 441 g/mol. The van der Waals surface area contributed by atoms with Gasteiger partial charge in [-0.2, -0.15) is 0 Å². The topological polar surface area (TPSA) is 85.9 Å². The lowest BCUT2D eigenvalue weighted by molar-refractivity contribution is -0.120. The largest absolute Gasteiger partial charge is 0.494 e. The smallest absolute Gasteiger partial charge is 0.272 e. The van der Waals surface area contributed by atoms with Crippen LogP contribution >= 0.6 is 0 Å². The molecule has 32 heavy (non-hydrogen) atoms. The molecule has 0 fully saturated rings. The highest BCUT2D eigenvalue weighted by molar-refractivity contribution is 6.08. The van der Waals surface area contributed by atoms with Gasteiger partial charge in [-0.05, 0) is 54.5 Å². The van der Waals surface area contributed by atoms with Crippen LogP contribution in [0.2, 0.25) is 0 Å². The third-order valence-electron chi connectivity index (χ3n) is 4.65. The summed E-state index contributed by atoms with van der Waals surface area (Å²) in [6.45, 7) is 4.20. The number of anilines is 1.